The van der Waals surface area contributed by atoms with Crippen molar-refractivity contribution in [3.63, 3.8) is 0 Å². The van der Waals surface area contributed by atoms with Crippen LogP contribution in [-0.4, -0.2) is 17.5 Å². The van der Waals surface area contributed by atoms with Crippen molar-refractivity contribution >= 4 is 22.9 Å². The zero-order chi connectivity index (χ0) is 18.4. The average molecular weight is 366 g/mol. The number of hydrogen-bond donors (Lipinski definition) is 1. The molecule has 0 aliphatic rings. The molecular weight excluding hydrogens is 344 g/mol. The van der Waals surface area contributed by atoms with Crippen LogP contribution in [0.25, 0.3) is 10.6 Å². The van der Waals surface area contributed by atoms with E-state index in [2.05, 4.69) is 30.2 Å². The number of ether oxygens (including phenoxy) is 1. The molecule has 1 heterocycles. The summed E-state index contributed by atoms with van der Waals surface area (Å²) in [6.07, 6.45) is 2.81. The highest BCUT2D eigenvalue weighted by Gasteiger charge is 2.11. The summed E-state index contributed by atoms with van der Waals surface area (Å²) >= 11 is 1.59. The highest BCUT2D eigenvalue weighted by Crippen LogP contribution is 2.28. The molecule has 1 N–H and O–H groups in total. The molecule has 0 saturated carbocycles. The van der Waals surface area contributed by atoms with Crippen LogP contribution < -0.4 is 10.1 Å². The van der Waals surface area contributed by atoms with Crippen LogP contribution in [0.3, 0.4) is 0 Å². The molecule has 3 rings (SSSR count). The van der Waals surface area contributed by atoms with Crippen molar-refractivity contribution in [2.45, 2.75) is 26.2 Å². The first-order chi connectivity index (χ1) is 12.7. The van der Waals surface area contributed by atoms with Crippen molar-refractivity contribution in [3.05, 3.63) is 65.7 Å². The lowest BCUT2D eigenvalue weighted by Gasteiger charge is -2.15. The number of carbonyl (C=O) groups is 1. The zero-order valence-electron chi connectivity index (χ0n) is 14.9. The van der Waals surface area contributed by atoms with E-state index >= 15 is 0 Å². The van der Waals surface area contributed by atoms with Gasteiger partial charge in [-0.1, -0.05) is 32.0 Å². The van der Waals surface area contributed by atoms with Crippen LogP contribution in [-0.2, 0) is 4.79 Å². The highest BCUT2D eigenvalue weighted by atomic mass is 32.1. The number of aromatic nitrogens is 1. The van der Waals surface area contributed by atoms with Gasteiger partial charge in [0.1, 0.15) is 10.8 Å². The number of anilines is 1. The molecule has 1 amide bonds. The fourth-order valence-corrected chi connectivity index (χ4v) is 3.29. The van der Waals surface area contributed by atoms with E-state index in [0.717, 1.165) is 34.0 Å². The second-order valence-electron chi connectivity index (χ2n) is 6.10. The monoisotopic (exact) mass is 366 g/mol. The Bertz CT molecular complexity index is 845. The van der Waals surface area contributed by atoms with E-state index in [1.165, 1.54) is 0 Å². The Morgan fingerprint density at radius 3 is 2.65 bits per heavy atom. The molecule has 26 heavy (non-hydrogen) atoms. The standard InChI is InChI=1S/C21H22N2O2S/c1-3-15(2)18-6-4-5-7-19(18)25-14-20(24)23-17-10-8-16(9-11-17)21-22-12-13-26-21/h4-13,15H,3,14H2,1-2H3,(H,23,24). The molecule has 3 aromatic rings. The van der Waals surface area contributed by atoms with E-state index in [0.29, 0.717) is 5.92 Å². The second-order valence-corrected chi connectivity index (χ2v) is 6.99. The lowest BCUT2D eigenvalue weighted by Crippen LogP contribution is -2.20. The van der Waals surface area contributed by atoms with Crippen molar-refractivity contribution in [1.82, 2.24) is 4.98 Å². The minimum atomic E-state index is -0.175. The predicted octanol–water partition coefficient (Wildman–Crippen LogP) is 5.34. The van der Waals surface area contributed by atoms with Gasteiger partial charge < -0.3 is 10.1 Å². The SMILES string of the molecule is CCC(C)c1ccccc1OCC(=O)Nc1ccc(-c2nccs2)cc1. The summed E-state index contributed by atoms with van der Waals surface area (Å²) in [5.41, 5.74) is 2.92. The van der Waals surface area contributed by atoms with Crippen LogP contribution in [0.4, 0.5) is 5.69 Å². The number of amides is 1. The quantitative estimate of drug-likeness (QED) is 0.614. The predicted molar refractivity (Wildman–Crippen MR) is 107 cm³/mol. The van der Waals surface area contributed by atoms with E-state index in [4.69, 9.17) is 4.74 Å². The number of carbonyl (C=O) groups excluding carboxylic acids is 1. The van der Waals surface area contributed by atoms with Crippen molar-refractivity contribution in [1.29, 1.82) is 0 Å². The number of nitrogens with one attached hydrogen (secondary N) is 1. The lowest BCUT2D eigenvalue weighted by atomic mass is 9.98. The van der Waals surface area contributed by atoms with E-state index in [1.54, 1.807) is 17.5 Å². The first-order valence-corrected chi connectivity index (χ1v) is 9.57. The molecule has 5 heteroatoms. The van der Waals surface area contributed by atoms with Gasteiger partial charge in [0.15, 0.2) is 6.61 Å². The van der Waals surface area contributed by atoms with Gasteiger partial charge in [0.2, 0.25) is 0 Å². The number of hydrogen-bond acceptors (Lipinski definition) is 4. The molecule has 2 aromatic carbocycles. The molecule has 1 aromatic heterocycles. The summed E-state index contributed by atoms with van der Waals surface area (Å²) in [6.45, 7) is 4.29. The molecule has 0 aliphatic carbocycles. The van der Waals surface area contributed by atoms with Crippen LogP contribution in [0, 0.1) is 0 Å². The van der Waals surface area contributed by atoms with E-state index in [9.17, 15) is 4.79 Å². The maximum Gasteiger partial charge on any atom is 0.262 e. The number of benzene rings is 2. The molecule has 4 nitrogen and oxygen atoms in total. The molecule has 0 saturated heterocycles. The van der Waals surface area contributed by atoms with Crippen LogP contribution in [0.5, 0.6) is 5.75 Å². The Labute approximate surface area is 157 Å². The molecule has 134 valence electrons. The highest BCUT2D eigenvalue weighted by molar-refractivity contribution is 7.13. The fraction of sp³-hybridized carbons (Fsp3) is 0.238. The van der Waals surface area contributed by atoms with Gasteiger partial charge in [-0.25, -0.2) is 4.98 Å². The summed E-state index contributed by atoms with van der Waals surface area (Å²) in [5.74, 6) is 0.995. The molecule has 0 aliphatic heterocycles. The maximum absolute atomic E-state index is 12.2. The normalized spacial score (nSPS) is 11.8. The van der Waals surface area contributed by atoms with Gasteiger partial charge in [-0.3, -0.25) is 4.79 Å². The maximum atomic E-state index is 12.2. The third kappa shape index (κ3) is 4.49. The third-order valence-corrected chi connectivity index (χ3v) is 5.09. The van der Waals surface area contributed by atoms with Gasteiger partial charge in [0.25, 0.3) is 5.91 Å². The first kappa shape index (κ1) is 18.1. The Balaban J connectivity index is 1.58. The number of para-hydroxylation sites is 1. The van der Waals surface area contributed by atoms with Crippen molar-refractivity contribution in [2.75, 3.05) is 11.9 Å². The smallest absolute Gasteiger partial charge is 0.262 e. The van der Waals surface area contributed by atoms with Crippen LogP contribution in [0.2, 0.25) is 0 Å². The summed E-state index contributed by atoms with van der Waals surface area (Å²) < 4.78 is 5.76. The number of nitrogens with zero attached hydrogens (tertiary/aromatic N) is 1. The van der Waals surface area contributed by atoms with Crippen LogP contribution >= 0.6 is 11.3 Å². The number of thiazole rings is 1. The molecule has 0 fully saturated rings. The van der Waals surface area contributed by atoms with E-state index in [1.807, 2.05) is 47.8 Å². The van der Waals surface area contributed by atoms with Crippen LogP contribution in [0.1, 0.15) is 31.7 Å². The Morgan fingerprint density at radius 1 is 1.19 bits per heavy atom. The van der Waals surface area contributed by atoms with Crippen molar-refractivity contribution < 1.29 is 9.53 Å². The summed E-state index contributed by atoms with van der Waals surface area (Å²) in [7, 11) is 0. The molecule has 0 bridgehead atoms. The van der Waals surface area contributed by atoms with Crippen molar-refractivity contribution in [2.24, 2.45) is 0 Å². The zero-order valence-corrected chi connectivity index (χ0v) is 15.8. The van der Waals surface area contributed by atoms with Crippen LogP contribution in [0.15, 0.2) is 60.1 Å². The summed E-state index contributed by atoms with van der Waals surface area (Å²) in [6, 6.07) is 15.6. The average Bonchev–Trinajstić information content (AvgIpc) is 3.21. The molecule has 1 unspecified atom stereocenters. The van der Waals surface area contributed by atoms with E-state index in [-0.39, 0.29) is 12.5 Å². The molecular formula is C21H22N2O2S. The van der Waals surface area contributed by atoms with Gasteiger partial charge >= 0.3 is 0 Å². The Kier molecular flexibility index (Phi) is 6.02. The molecule has 0 spiro atoms. The third-order valence-electron chi connectivity index (χ3n) is 4.27. The largest absolute Gasteiger partial charge is 0.483 e. The van der Waals surface area contributed by atoms with Crippen molar-refractivity contribution in [3.8, 4) is 16.3 Å². The lowest BCUT2D eigenvalue weighted by molar-refractivity contribution is -0.118. The second kappa shape index (κ2) is 8.63. The van der Waals surface area contributed by atoms with Gasteiger partial charge in [-0.2, -0.15) is 0 Å². The topological polar surface area (TPSA) is 51.2 Å². The first-order valence-electron chi connectivity index (χ1n) is 8.69. The van der Waals surface area contributed by atoms with Gasteiger partial charge in [-0.05, 0) is 48.2 Å². The fourth-order valence-electron chi connectivity index (χ4n) is 2.64. The van der Waals surface area contributed by atoms with E-state index < -0.39 is 0 Å². The Hall–Kier alpha value is -2.66. The molecule has 1 atom stereocenters. The summed E-state index contributed by atoms with van der Waals surface area (Å²) in [5, 5.41) is 5.78. The van der Waals surface area contributed by atoms with Gasteiger partial charge in [-0.15, -0.1) is 11.3 Å². The summed E-state index contributed by atoms with van der Waals surface area (Å²) in [4.78, 5) is 16.5. The minimum absolute atomic E-state index is 0.0122. The Morgan fingerprint density at radius 2 is 1.96 bits per heavy atom. The minimum Gasteiger partial charge on any atom is -0.483 e. The van der Waals surface area contributed by atoms with Gasteiger partial charge in [0.05, 0.1) is 0 Å². The number of rotatable bonds is 7. The molecule has 0 radical (unpaired) electrons. The van der Waals surface area contributed by atoms with Gasteiger partial charge in [0, 0.05) is 22.8 Å².